The summed E-state index contributed by atoms with van der Waals surface area (Å²) >= 11 is 1.65. The molecule has 2 N–H and O–H groups in total. The first-order valence-electron chi connectivity index (χ1n) is 7.52. The third-order valence-electron chi connectivity index (χ3n) is 3.78. The molecule has 2 heterocycles. The van der Waals surface area contributed by atoms with Gasteiger partial charge in [-0.15, -0.1) is 11.3 Å². The standard InChI is InChI=1S/C15H25N3O2S/c1-15(2,3)12-10-21-13(17-12)6-7-16-14(20)18-8-4-5-11(18)9-19/h10-11,19H,4-9H2,1-3H3,(H,16,20). The number of nitrogens with zero attached hydrogens (tertiary/aromatic N) is 2. The predicted octanol–water partition coefficient (Wildman–Crippen LogP) is 2.15. The van der Waals surface area contributed by atoms with Crippen molar-refractivity contribution in [3.8, 4) is 0 Å². The van der Waals surface area contributed by atoms with Crippen LogP contribution in [0.15, 0.2) is 5.38 Å². The van der Waals surface area contributed by atoms with Crippen molar-refractivity contribution >= 4 is 17.4 Å². The van der Waals surface area contributed by atoms with Gasteiger partial charge in [0, 0.05) is 30.3 Å². The Labute approximate surface area is 130 Å². The van der Waals surface area contributed by atoms with Crippen LogP contribution in [-0.4, -0.2) is 46.8 Å². The minimum Gasteiger partial charge on any atom is -0.394 e. The van der Waals surface area contributed by atoms with Crippen molar-refractivity contribution < 1.29 is 9.90 Å². The van der Waals surface area contributed by atoms with Crippen LogP contribution in [-0.2, 0) is 11.8 Å². The Morgan fingerprint density at radius 1 is 1.57 bits per heavy atom. The molecule has 0 aromatic carbocycles. The van der Waals surface area contributed by atoms with Gasteiger partial charge in [0.05, 0.1) is 23.4 Å². The predicted molar refractivity (Wildman–Crippen MR) is 84.7 cm³/mol. The molecule has 21 heavy (non-hydrogen) atoms. The van der Waals surface area contributed by atoms with Crippen LogP contribution in [0.1, 0.15) is 44.3 Å². The molecule has 0 bridgehead atoms. The van der Waals surface area contributed by atoms with Crippen molar-refractivity contribution in [3.05, 3.63) is 16.1 Å². The second-order valence-corrected chi connectivity index (χ2v) is 7.47. The number of likely N-dealkylation sites (tertiary alicyclic amines) is 1. The van der Waals surface area contributed by atoms with E-state index in [1.165, 1.54) is 0 Å². The molecule has 1 aromatic heterocycles. The van der Waals surface area contributed by atoms with E-state index in [0.717, 1.165) is 36.5 Å². The topological polar surface area (TPSA) is 65.5 Å². The van der Waals surface area contributed by atoms with E-state index in [9.17, 15) is 9.90 Å². The fraction of sp³-hybridized carbons (Fsp3) is 0.733. The van der Waals surface area contributed by atoms with Gasteiger partial charge in [-0.1, -0.05) is 20.8 Å². The molecule has 1 aromatic rings. The Balaban J connectivity index is 1.79. The number of rotatable bonds is 4. The lowest BCUT2D eigenvalue weighted by atomic mass is 9.93. The number of carbonyl (C=O) groups excluding carboxylic acids is 1. The molecule has 1 saturated heterocycles. The van der Waals surface area contributed by atoms with E-state index in [1.807, 2.05) is 0 Å². The van der Waals surface area contributed by atoms with E-state index < -0.39 is 0 Å². The van der Waals surface area contributed by atoms with E-state index in [2.05, 4.69) is 36.5 Å². The van der Waals surface area contributed by atoms with Crippen LogP contribution in [0.5, 0.6) is 0 Å². The maximum atomic E-state index is 12.1. The monoisotopic (exact) mass is 311 g/mol. The molecule has 0 aliphatic carbocycles. The molecule has 118 valence electrons. The quantitative estimate of drug-likeness (QED) is 0.895. The van der Waals surface area contributed by atoms with E-state index >= 15 is 0 Å². The molecule has 0 spiro atoms. The van der Waals surface area contributed by atoms with Crippen molar-refractivity contribution in [1.82, 2.24) is 15.2 Å². The zero-order chi connectivity index (χ0) is 15.5. The van der Waals surface area contributed by atoms with Crippen LogP contribution in [0.4, 0.5) is 4.79 Å². The highest BCUT2D eigenvalue weighted by Crippen LogP contribution is 2.24. The Kier molecular flexibility index (Phi) is 5.22. The number of hydrogen-bond donors (Lipinski definition) is 2. The highest BCUT2D eigenvalue weighted by Gasteiger charge is 2.27. The number of aliphatic hydroxyl groups excluding tert-OH is 1. The van der Waals surface area contributed by atoms with Gasteiger partial charge in [0.25, 0.3) is 0 Å². The van der Waals surface area contributed by atoms with Crippen molar-refractivity contribution in [1.29, 1.82) is 0 Å². The molecule has 6 heteroatoms. The third kappa shape index (κ3) is 4.17. The molecule has 1 aliphatic heterocycles. The summed E-state index contributed by atoms with van der Waals surface area (Å²) in [7, 11) is 0. The van der Waals surface area contributed by atoms with Gasteiger partial charge in [-0.05, 0) is 12.8 Å². The molecular weight excluding hydrogens is 286 g/mol. The lowest BCUT2D eigenvalue weighted by Crippen LogP contribution is -2.44. The molecule has 5 nitrogen and oxygen atoms in total. The Morgan fingerprint density at radius 2 is 2.33 bits per heavy atom. The lowest BCUT2D eigenvalue weighted by Gasteiger charge is -2.23. The first kappa shape index (κ1) is 16.2. The number of aliphatic hydroxyl groups is 1. The third-order valence-corrected chi connectivity index (χ3v) is 4.69. The molecule has 1 unspecified atom stereocenters. The second-order valence-electron chi connectivity index (χ2n) is 6.53. The average Bonchev–Trinajstić information content (AvgIpc) is 3.06. The second kappa shape index (κ2) is 6.75. The molecule has 0 saturated carbocycles. The molecular formula is C15H25N3O2S. The Morgan fingerprint density at radius 3 is 2.95 bits per heavy atom. The molecule has 2 amide bonds. The zero-order valence-corrected chi connectivity index (χ0v) is 13.9. The lowest BCUT2D eigenvalue weighted by molar-refractivity contribution is 0.157. The summed E-state index contributed by atoms with van der Waals surface area (Å²) in [4.78, 5) is 18.4. The highest BCUT2D eigenvalue weighted by molar-refractivity contribution is 7.09. The molecule has 2 rings (SSSR count). The van der Waals surface area contributed by atoms with E-state index in [0.29, 0.717) is 6.54 Å². The highest BCUT2D eigenvalue weighted by atomic mass is 32.1. The Hall–Kier alpha value is -1.14. The summed E-state index contributed by atoms with van der Waals surface area (Å²) in [5, 5.41) is 15.3. The fourth-order valence-electron chi connectivity index (χ4n) is 2.44. The maximum Gasteiger partial charge on any atom is 0.317 e. The number of carbonyl (C=O) groups is 1. The van der Waals surface area contributed by atoms with Gasteiger partial charge in [-0.25, -0.2) is 9.78 Å². The summed E-state index contributed by atoms with van der Waals surface area (Å²) in [6, 6.07) is -0.0866. The largest absolute Gasteiger partial charge is 0.394 e. The first-order valence-corrected chi connectivity index (χ1v) is 8.40. The van der Waals surface area contributed by atoms with Gasteiger partial charge in [0.1, 0.15) is 0 Å². The molecule has 1 aliphatic rings. The van der Waals surface area contributed by atoms with Crippen LogP contribution in [0.3, 0.4) is 0 Å². The van der Waals surface area contributed by atoms with Crippen LogP contribution in [0, 0.1) is 0 Å². The number of urea groups is 1. The number of thiazole rings is 1. The van der Waals surface area contributed by atoms with Crippen molar-refractivity contribution in [2.75, 3.05) is 19.7 Å². The molecule has 0 radical (unpaired) electrons. The summed E-state index contributed by atoms with van der Waals surface area (Å²) in [6.45, 7) is 7.82. The zero-order valence-electron chi connectivity index (χ0n) is 13.1. The van der Waals surface area contributed by atoms with Gasteiger partial charge >= 0.3 is 6.03 Å². The fourth-order valence-corrected chi connectivity index (χ4v) is 3.47. The van der Waals surface area contributed by atoms with Crippen LogP contribution in [0.2, 0.25) is 0 Å². The number of nitrogens with one attached hydrogen (secondary N) is 1. The smallest absolute Gasteiger partial charge is 0.317 e. The molecule has 1 atom stereocenters. The van der Waals surface area contributed by atoms with Gasteiger partial charge in [-0.3, -0.25) is 0 Å². The van der Waals surface area contributed by atoms with Crippen molar-refractivity contribution in [2.45, 2.75) is 51.5 Å². The summed E-state index contributed by atoms with van der Waals surface area (Å²) in [5.41, 5.74) is 1.18. The normalized spacial score (nSPS) is 19.0. The SMILES string of the molecule is CC(C)(C)c1csc(CCNC(=O)N2CCCC2CO)n1. The van der Waals surface area contributed by atoms with E-state index in [4.69, 9.17) is 0 Å². The van der Waals surface area contributed by atoms with Crippen LogP contribution in [0.25, 0.3) is 0 Å². The van der Waals surface area contributed by atoms with Gasteiger partial charge in [0.2, 0.25) is 0 Å². The number of hydrogen-bond acceptors (Lipinski definition) is 4. The van der Waals surface area contributed by atoms with Crippen LogP contribution >= 0.6 is 11.3 Å². The van der Waals surface area contributed by atoms with Crippen molar-refractivity contribution in [3.63, 3.8) is 0 Å². The number of amides is 2. The molecule has 1 fully saturated rings. The summed E-state index contributed by atoms with van der Waals surface area (Å²) in [6.07, 6.45) is 2.62. The van der Waals surface area contributed by atoms with Gasteiger partial charge < -0.3 is 15.3 Å². The van der Waals surface area contributed by atoms with Crippen LogP contribution < -0.4 is 5.32 Å². The first-order chi connectivity index (χ1) is 9.91. The summed E-state index contributed by atoms with van der Waals surface area (Å²) < 4.78 is 0. The van der Waals surface area contributed by atoms with E-state index in [1.54, 1.807) is 16.2 Å². The van der Waals surface area contributed by atoms with Crippen molar-refractivity contribution in [2.24, 2.45) is 0 Å². The van der Waals surface area contributed by atoms with Gasteiger partial charge in [0.15, 0.2) is 0 Å². The minimum atomic E-state index is -0.0702. The number of aromatic nitrogens is 1. The van der Waals surface area contributed by atoms with E-state index in [-0.39, 0.29) is 24.1 Å². The minimum absolute atomic E-state index is 0.0163. The average molecular weight is 311 g/mol. The summed E-state index contributed by atoms with van der Waals surface area (Å²) in [5.74, 6) is 0. The van der Waals surface area contributed by atoms with Gasteiger partial charge in [-0.2, -0.15) is 0 Å². The maximum absolute atomic E-state index is 12.1. The Bertz CT molecular complexity index is 482.